The van der Waals surface area contributed by atoms with E-state index in [1.165, 1.54) is 0 Å². The van der Waals surface area contributed by atoms with Crippen molar-refractivity contribution < 1.29 is 9.53 Å². The molecule has 0 bridgehead atoms. The Hall–Kier alpha value is -0.610. The summed E-state index contributed by atoms with van der Waals surface area (Å²) in [6, 6.07) is 0.0680. The minimum absolute atomic E-state index is 0.0679. The van der Waals surface area contributed by atoms with Gasteiger partial charge in [-0.25, -0.2) is 0 Å². The summed E-state index contributed by atoms with van der Waals surface area (Å²) in [5.74, 6) is 0.566. The highest BCUT2D eigenvalue weighted by Gasteiger charge is 2.20. The molecule has 0 aromatic rings. The largest absolute Gasteiger partial charge is 0.378 e. The van der Waals surface area contributed by atoms with E-state index in [0.717, 1.165) is 32.3 Å². The summed E-state index contributed by atoms with van der Waals surface area (Å²) in [4.78, 5) is 11.7. The lowest BCUT2D eigenvalue weighted by Gasteiger charge is -2.21. The fourth-order valence-electron chi connectivity index (χ4n) is 2.38. The minimum Gasteiger partial charge on any atom is -0.378 e. The maximum Gasteiger partial charge on any atom is 0.222 e. The number of nitrogens with one attached hydrogen (secondary N) is 1. The number of nitrogens with two attached hydrogens (primary N) is 1. The SMILES string of the molecule is CCC(CC)C(N)CNC(=O)CC1CCCO1. The van der Waals surface area contributed by atoms with E-state index in [2.05, 4.69) is 19.2 Å². The summed E-state index contributed by atoms with van der Waals surface area (Å²) in [5.41, 5.74) is 6.05. The lowest BCUT2D eigenvalue weighted by Crippen LogP contribution is -2.42. The van der Waals surface area contributed by atoms with Crippen molar-refractivity contribution in [3.8, 4) is 0 Å². The summed E-state index contributed by atoms with van der Waals surface area (Å²) < 4.78 is 5.43. The Balaban J connectivity index is 2.17. The van der Waals surface area contributed by atoms with Crippen molar-refractivity contribution >= 4 is 5.91 Å². The highest BCUT2D eigenvalue weighted by Crippen LogP contribution is 2.15. The van der Waals surface area contributed by atoms with Crippen LogP contribution in [0.4, 0.5) is 0 Å². The van der Waals surface area contributed by atoms with E-state index >= 15 is 0 Å². The molecule has 0 radical (unpaired) electrons. The van der Waals surface area contributed by atoms with E-state index in [1.54, 1.807) is 0 Å². The predicted molar refractivity (Wildman–Crippen MR) is 68.6 cm³/mol. The quantitative estimate of drug-likeness (QED) is 0.710. The van der Waals surface area contributed by atoms with Crippen molar-refractivity contribution in [2.45, 2.75) is 58.1 Å². The first-order chi connectivity index (χ1) is 8.17. The summed E-state index contributed by atoms with van der Waals surface area (Å²) in [5, 5.41) is 2.91. The van der Waals surface area contributed by atoms with Crippen LogP contribution in [0, 0.1) is 5.92 Å². The van der Waals surface area contributed by atoms with Gasteiger partial charge in [0.1, 0.15) is 0 Å². The van der Waals surface area contributed by atoms with Gasteiger partial charge in [0, 0.05) is 19.2 Å². The maximum absolute atomic E-state index is 11.7. The number of rotatable bonds is 7. The third kappa shape index (κ3) is 5.04. The molecule has 4 nitrogen and oxygen atoms in total. The molecule has 0 aromatic carbocycles. The van der Waals surface area contributed by atoms with Crippen LogP contribution in [0.3, 0.4) is 0 Å². The average molecular weight is 242 g/mol. The molecule has 1 rings (SSSR count). The Labute approximate surface area is 104 Å². The van der Waals surface area contributed by atoms with Gasteiger partial charge in [0.2, 0.25) is 5.91 Å². The lowest BCUT2D eigenvalue weighted by molar-refractivity contribution is -0.123. The molecule has 1 saturated heterocycles. The number of amides is 1. The average Bonchev–Trinajstić information content (AvgIpc) is 2.81. The highest BCUT2D eigenvalue weighted by molar-refractivity contribution is 5.76. The number of carbonyl (C=O) groups excluding carboxylic acids is 1. The van der Waals surface area contributed by atoms with Gasteiger partial charge < -0.3 is 15.8 Å². The molecule has 0 spiro atoms. The van der Waals surface area contributed by atoms with Gasteiger partial charge in [-0.2, -0.15) is 0 Å². The number of ether oxygens (including phenoxy) is 1. The zero-order valence-electron chi connectivity index (χ0n) is 11.1. The van der Waals surface area contributed by atoms with Gasteiger partial charge in [0.25, 0.3) is 0 Å². The van der Waals surface area contributed by atoms with Crippen LogP contribution in [0.1, 0.15) is 46.0 Å². The third-order valence-electron chi connectivity index (χ3n) is 3.63. The van der Waals surface area contributed by atoms with E-state index in [9.17, 15) is 4.79 Å². The molecule has 100 valence electrons. The maximum atomic E-state index is 11.7. The summed E-state index contributed by atoms with van der Waals surface area (Å²) >= 11 is 0. The summed E-state index contributed by atoms with van der Waals surface area (Å²) in [6.07, 6.45) is 4.82. The molecule has 17 heavy (non-hydrogen) atoms. The molecule has 1 heterocycles. The van der Waals surface area contributed by atoms with Crippen LogP contribution < -0.4 is 11.1 Å². The summed E-state index contributed by atoms with van der Waals surface area (Å²) in [7, 11) is 0. The van der Waals surface area contributed by atoms with Gasteiger partial charge in [-0.05, 0) is 18.8 Å². The standard InChI is InChI=1S/C13H26N2O2/c1-3-10(4-2)12(14)9-15-13(16)8-11-6-5-7-17-11/h10-12H,3-9,14H2,1-2H3,(H,15,16). The molecule has 2 unspecified atom stereocenters. The first-order valence-corrected chi connectivity index (χ1v) is 6.81. The van der Waals surface area contributed by atoms with Gasteiger partial charge in [0.05, 0.1) is 12.5 Å². The first kappa shape index (κ1) is 14.5. The molecule has 0 saturated carbocycles. The van der Waals surface area contributed by atoms with Crippen LogP contribution in [-0.4, -0.2) is 31.2 Å². The Morgan fingerprint density at radius 3 is 2.71 bits per heavy atom. The minimum atomic E-state index is 0.0679. The molecule has 3 N–H and O–H groups in total. The molecule has 1 aliphatic rings. The second kappa shape index (κ2) is 7.67. The third-order valence-corrected chi connectivity index (χ3v) is 3.63. The van der Waals surface area contributed by atoms with Gasteiger partial charge in [-0.3, -0.25) is 4.79 Å². The van der Waals surface area contributed by atoms with Crippen LogP contribution in [0.5, 0.6) is 0 Å². The Morgan fingerprint density at radius 2 is 2.18 bits per heavy atom. The predicted octanol–water partition coefficient (Wildman–Crippen LogP) is 1.44. The number of hydrogen-bond acceptors (Lipinski definition) is 3. The van der Waals surface area contributed by atoms with Gasteiger partial charge in [-0.15, -0.1) is 0 Å². The van der Waals surface area contributed by atoms with Gasteiger partial charge in [0.15, 0.2) is 0 Å². The van der Waals surface area contributed by atoms with E-state index in [-0.39, 0.29) is 18.1 Å². The van der Waals surface area contributed by atoms with Gasteiger partial charge in [-0.1, -0.05) is 26.7 Å². The molecule has 2 atom stereocenters. The molecule has 1 amide bonds. The van der Waals surface area contributed by atoms with Crippen molar-refractivity contribution in [1.82, 2.24) is 5.32 Å². The topological polar surface area (TPSA) is 64.3 Å². The monoisotopic (exact) mass is 242 g/mol. The fraction of sp³-hybridized carbons (Fsp3) is 0.923. The smallest absolute Gasteiger partial charge is 0.222 e. The molecule has 1 fully saturated rings. The Bertz CT molecular complexity index is 223. The van der Waals surface area contributed by atoms with Crippen molar-refractivity contribution in [1.29, 1.82) is 0 Å². The fourth-order valence-corrected chi connectivity index (χ4v) is 2.38. The zero-order valence-corrected chi connectivity index (χ0v) is 11.1. The van der Waals surface area contributed by atoms with E-state index < -0.39 is 0 Å². The molecule has 1 aliphatic heterocycles. The van der Waals surface area contributed by atoms with Crippen molar-refractivity contribution in [3.05, 3.63) is 0 Å². The van der Waals surface area contributed by atoms with Crippen LogP contribution in [0.2, 0.25) is 0 Å². The van der Waals surface area contributed by atoms with Crippen LogP contribution in [-0.2, 0) is 9.53 Å². The molecular weight excluding hydrogens is 216 g/mol. The van der Waals surface area contributed by atoms with Crippen LogP contribution in [0.15, 0.2) is 0 Å². The zero-order chi connectivity index (χ0) is 12.7. The lowest BCUT2D eigenvalue weighted by atomic mass is 9.95. The summed E-state index contributed by atoms with van der Waals surface area (Å²) in [6.45, 7) is 5.66. The second-order valence-corrected chi connectivity index (χ2v) is 4.88. The highest BCUT2D eigenvalue weighted by atomic mass is 16.5. The Morgan fingerprint density at radius 1 is 1.47 bits per heavy atom. The van der Waals surface area contributed by atoms with Crippen molar-refractivity contribution in [2.75, 3.05) is 13.2 Å². The number of carbonyl (C=O) groups is 1. The van der Waals surface area contributed by atoms with E-state index in [1.807, 2.05) is 0 Å². The molecular formula is C13H26N2O2. The van der Waals surface area contributed by atoms with E-state index in [0.29, 0.717) is 18.9 Å². The molecule has 0 aliphatic carbocycles. The number of hydrogen-bond donors (Lipinski definition) is 2. The van der Waals surface area contributed by atoms with Gasteiger partial charge >= 0.3 is 0 Å². The van der Waals surface area contributed by atoms with Crippen molar-refractivity contribution in [2.24, 2.45) is 11.7 Å². The van der Waals surface area contributed by atoms with Crippen LogP contribution >= 0.6 is 0 Å². The molecule has 4 heteroatoms. The second-order valence-electron chi connectivity index (χ2n) is 4.88. The first-order valence-electron chi connectivity index (χ1n) is 6.81. The normalized spacial score (nSPS) is 21.8. The van der Waals surface area contributed by atoms with Crippen molar-refractivity contribution in [3.63, 3.8) is 0 Å². The van der Waals surface area contributed by atoms with Crippen LogP contribution in [0.25, 0.3) is 0 Å². The Kier molecular flexibility index (Phi) is 6.52. The molecule has 0 aromatic heterocycles. The van der Waals surface area contributed by atoms with E-state index in [4.69, 9.17) is 10.5 Å².